The lowest BCUT2D eigenvalue weighted by molar-refractivity contribution is -0.120. The van der Waals surface area contributed by atoms with Gasteiger partial charge in [-0.25, -0.2) is 4.98 Å². The smallest absolute Gasteiger partial charge is 0.227 e. The van der Waals surface area contributed by atoms with Crippen LogP contribution in [-0.4, -0.2) is 16.7 Å². The molecule has 0 aliphatic carbocycles. The van der Waals surface area contributed by atoms with E-state index in [1.54, 1.807) is 25.3 Å². The highest BCUT2D eigenvalue weighted by atomic mass is 32.1. The van der Waals surface area contributed by atoms with Crippen LogP contribution < -0.4 is 5.32 Å². The number of carbonyl (C=O) groups is 2. The Labute approximate surface area is 114 Å². The second-order valence-electron chi connectivity index (χ2n) is 4.11. The van der Waals surface area contributed by atoms with Crippen molar-refractivity contribution in [2.45, 2.75) is 26.8 Å². The molecule has 2 aromatic rings. The predicted molar refractivity (Wildman–Crippen MR) is 71.1 cm³/mol. The van der Waals surface area contributed by atoms with E-state index in [2.05, 4.69) is 10.3 Å². The summed E-state index contributed by atoms with van der Waals surface area (Å²) < 4.78 is 5.12. The SMILES string of the molecule is CC(=O)c1sc(CC(=O)NCc2ccco2)nc1C. The number of amides is 1. The third-order valence-corrected chi connectivity index (χ3v) is 3.77. The van der Waals surface area contributed by atoms with Gasteiger partial charge in [-0.1, -0.05) is 0 Å². The molecule has 1 amide bonds. The summed E-state index contributed by atoms with van der Waals surface area (Å²) in [6.07, 6.45) is 1.74. The van der Waals surface area contributed by atoms with Crippen LogP contribution in [0.3, 0.4) is 0 Å². The van der Waals surface area contributed by atoms with Crippen molar-refractivity contribution in [1.82, 2.24) is 10.3 Å². The Hall–Kier alpha value is -1.95. The van der Waals surface area contributed by atoms with Crippen LogP contribution >= 0.6 is 11.3 Å². The van der Waals surface area contributed by atoms with Crippen LogP contribution in [0.4, 0.5) is 0 Å². The molecule has 6 heteroatoms. The van der Waals surface area contributed by atoms with E-state index in [-0.39, 0.29) is 18.1 Å². The Morgan fingerprint density at radius 2 is 2.26 bits per heavy atom. The fourth-order valence-electron chi connectivity index (χ4n) is 1.65. The molecule has 0 fully saturated rings. The van der Waals surface area contributed by atoms with Crippen LogP contribution in [0, 0.1) is 6.92 Å². The van der Waals surface area contributed by atoms with Gasteiger partial charge in [-0.3, -0.25) is 9.59 Å². The number of hydrogen-bond donors (Lipinski definition) is 1. The summed E-state index contributed by atoms with van der Waals surface area (Å²) in [6.45, 7) is 3.63. The molecule has 0 atom stereocenters. The molecule has 0 saturated carbocycles. The Bertz CT molecular complexity index is 587. The van der Waals surface area contributed by atoms with Crippen molar-refractivity contribution in [3.05, 3.63) is 39.7 Å². The molecule has 0 spiro atoms. The Balaban J connectivity index is 1.91. The first kappa shape index (κ1) is 13.5. The highest BCUT2D eigenvalue weighted by molar-refractivity contribution is 7.13. The van der Waals surface area contributed by atoms with Gasteiger partial charge in [0.1, 0.15) is 10.8 Å². The highest BCUT2D eigenvalue weighted by Crippen LogP contribution is 2.18. The van der Waals surface area contributed by atoms with E-state index < -0.39 is 0 Å². The van der Waals surface area contributed by atoms with Crippen molar-refractivity contribution >= 4 is 23.0 Å². The third-order valence-electron chi connectivity index (χ3n) is 2.51. The minimum absolute atomic E-state index is 0.0164. The van der Waals surface area contributed by atoms with Gasteiger partial charge in [0, 0.05) is 6.92 Å². The van der Waals surface area contributed by atoms with E-state index >= 15 is 0 Å². The summed E-state index contributed by atoms with van der Waals surface area (Å²) in [7, 11) is 0. The van der Waals surface area contributed by atoms with Crippen molar-refractivity contribution in [2.75, 3.05) is 0 Å². The number of ketones is 1. The molecular formula is C13H14N2O3S. The fraction of sp³-hybridized carbons (Fsp3) is 0.308. The summed E-state index contributed by atoms with van der Waals surface area (Å²) >= 11 is 1.27. The fourth-order valence-corrected chi connectivity index (χ4v) is 2.61. The van der Waals surface area contributed by atoms with E-state index in [1.165, 1.54) is 18.3 Å². The summed E-state index contributed by atoms with van der Waals surface area (Å²) in [4.78, 5) is 27.9. The lowest BCUT2D eigenvalue weighted by Gasteiger charge is -2.00. The number of carbonyl (C=O) groups excluding carboxylic acids is 2. The monoisotopic (exact) mass is 278 g/mol. The Morgan fingerprint density at radius 3 is 2.84 bits per heavy atom. The first-order valence-corrected chi connectivity index (χ1v) is 6.64. The Morgan fingerprint density at radius 1 is 1.47 bits per heavy atom. The van der Waals surface area contributed by atoms with Crippen LogP contribution in [0.5, 0.6) is 0 Å². The molecule has 5 nitrogen and oxygen atoms in total. The van der Waals surface area contributed by atoms with Crippen molar-refractivity contribution in [1.29, 1.82) is 0 Å². The molecule has 0 aliphatic heterocycles. The van der Waals surface area contributed by atoms with Gasteiger partial charge in [-0.15, -0.1) is 11.3 Å². The molecule has 0 bridgehead atoms. The summed E-state index contributed by atoms with van der Waals surface area (Å²) in [5.41, 5.74) is 0.686. The molecule has 1 N–H and O–H groups in total. The highest BCUT2D eigenvalue weighted by Gasteiger charge is 2.14. The van der Waals surface area contributed by atoms with Gasteiger partial charge in [0.05, 0.1) is 29.8 Å². The maximum absolute atomic E-state index is 11.7. The van der Waals surface area contributed by atoms with E-state index in [0.717, 1.165) is 0 Å². The van der Waals surface area contributed by atoms with Crippen LogP contribution in [0.15, 0.2) is 22.8 Å². The zero-order valence-corrected chi connectivity index (χ0v) is 11.5. The quantitative estimate of drug-likeness (QED) is 0.850. The van der Waals surface area contributed by atoms with E-state index in [1.807, 2.05) is 0 Å². The molecule has 2 aromatic heterocycles. The van der Waals surface area contributed by atoms with Gasteiger partial charge in [0.15, 0.2) is 5.78 Å². The number of nitrogens with zero attached hydrogens (tertiary/aromatic N) is 1. The molecular weight excluding hydrogens is 264 g/mol. The molecule has 0 radical (unpaired) electrons. The van der Waals surface area contributed by atoms with Gasteiger partial charge >= 0.3 is 0 Å². The van der Waals surface area contributed by atoms with E-state index in [9.17, 15) is 9.59 Å². The van der Waals surface area contributed by atoms with Crippen molar-refractivity contribution in [3.8, 4) is 0 Å². The maximum Gasteiger partial charge on any atom is 0.227 e. The van der Waals surface area contributed by atoms with Crippen LogP contribution in [0.25, 0.3) is 0 Å². The predicted octanol–water partition coefficient (Wildman–Crippen LogP) is 2.11. The molecule has 2 rings (SSSR count). The van der Waals surface area contributed by atoms with Crippen molar-refractivity contribution in [3.63, 3.8) is 0 Å². The minimum atomic E-state index is -0.139. The number of rotatable bonds is 5. The van der Waals surface area contributed by atoms with Crippen molar-refractivity contribution < 1.29 is 14.0 Å². The topological polar surface area (TPSA) is 72.2 Å². The largest absolute Gasteiger partial charge is 0.467 e. The Kier molecular flexibility index (Phi) is 4.11. The zero-order chi connectivity index (χ0) is 13.8. The van der Waals surface area contributed by atoms with Crippen molar-refractivity contribution in [2.24, 2.45) is 0 Å². The second-order valence-corrected chi connectivity index (χ2v) is 5.19. The average Bonchev–Trinajstić information content (AvgIpc) is 2.96. The van der Waals surface area contributed by atoms with Gasteiger partial charge in [-0.05, 0) is 19.1 Å². The number of thiazole rings is 1. The lowest BCUT2D eigenvalue weighted by atomic mass is 10.3. The summed E-state index contributed by atoms with van der Waals surface area (Å²) in [5, 5.41) is 3.39. The number of aromatic nitrogens is 1. The molecule has 0 aromatic carbocycles. The van der Waals surface area contributed by atoms with Gasteiger partial charge in [0.2, 0.25) is 5.91 Å². The van der Waals surface area contributed by atoms with Gasteiger partial charge in [-0.2, -0.15) is 0 Å². The first-order valence-electron chi connectivity index (χ1n) is 5.82. The molecule has 0 aliphatic rings. The maximum atomic E-state index is 11.7. The molecule has 100 valence electrons. The summed E-state index contributed by atoms with van der Waals surface area (Å²) in [5.74, 6) is 0.547. The van der Waals surface area contributed by atoms with Crippen LogP contribution in [-0.2, 0) is 17.8 Å². The number of furan rings is 1. The normalized spacial score (nSPS) is 10.4. The molecule has 0 unspecified atom stereocenters. The second kappa shape index (κ2) is 5.79. The number of nitrogens with one attached hydrogen (secondary N) is 1. The first-order chi connectivity index (χ1) is 9.06. The lowest BCUT2D eigenvalue weighted by Crippen LogP contribution is -2.24. The van der Waals surface area contributed by atoms with Crippen LogP contribution in [0.1, 0.15) is 33.1 Å². The third kappa shape index (κ3) is 3.51. The number of Topliss-reactive ketones (excluding diaryl/α,β-unsaturated/α-hetero) is 1. The van der Waals surface area contributed by atoms with E-state index in [4.69, 9.17) is 4.42 Å². The zero-order valence-electron chi connectivity index (χ0n) is 10.7. The standard InChI is InChI=1S/C13H14N2O3S/c1-8-13(9(2)16)19-12(15-8)6-11(17)14-7-10-4-3-5-18-10/h3-5H,6-7H2,1-2H3,(H,14,17). The number of aryl methyl sites for hydroxylation is 1. The van der Waals surface area contributed by atoms with E-state index in [0.29, 0.717) is 27.9 Å². The minimum Gasteiger partial charge on any atom is -0.467 e. The van der Waals surface area contributed by atoms with Gasteiger partial charge in [0.25, 0.3) is 0 Å². The van der Waals surface area contributed by atoms with Gasteiger partial charge < -0.3 is 9.73 Å². The molecule has 0 saturated heterocycles. The number of hydrogen-bond acceptors (Lipinski definition) is 5. The molecule has 2 heterocycles. The average molecular weight is 278 g/mol. The van der Waals surface area contributed by atoms with Crippen LogP contribution in [0.2, 0.25) is 0 Å². The molecule has 19 heavy (non-hydrogen) atoms. The summed E-state index contributed by atoms with van der Waals surface area (Å²) in [6, 6.07) is 3.56.